The maximum atomic E-state index is 11.1. The van der Waals surface area contributed by atoms with Gasteiger partial charge in [-0.25, -0.2) is 0 Å². The van der Waals surface area contributed by atoms with Gasteiger partial charge < -0.3 is 14.2 Å². The second-order valence-corrected chi connectivity index (χ2v) is 5.11. The van der Waals surface area contributed by atoms with Gasteiger partial charge in [0.25, 0.3) is 0 Å². The second-order valence-electron chi connectivity index (χ2n) is 5.11. The molecule has 0 radical (unpaired) electrons. The van der Waals surface area contributed by atoms with Crippen LogP contribution in [0.3, 0.4) is 0 Å². The van der Waals surface area contributed by atoms with Crippen LogP contribution in [0.2, 0.25) is 0 Å². The zero-order chi connectivity index (χ0) is 13.8. The zero-order valence-corrected chi connectivity index (χ0v) is 11.5. The number of hydrogen-bond donors (Lipinski definition) is 0. The summed E-state index contributed by atoms with van der Waals surface area (Å²) in [7, 11) is 0. The normalized spacial score (nSPS) is 18.0. The summed E-state index contributed by atoms with van der Waals surface area (Å²) >= 11 is 0. The molecule has 0 unspecified atom stereocenters. The molecule has 0 N–H and O–H groups in total. The molecule has 2 aliphatic rings. The lowest BCUT2D eigenvalue weighted by molar-refractivity contribution is 0.111. The molecule has 0 aromatic heterocycles. The molecule has 20 heavy (non-hydrogen) atoms. The lowest BCUT2D eigenvalue weighted by Gasteiger charge is -2.26. The standard InChI is InChI=1S/C15H19NO4/c17-10-12-8-14-15(20-11-19-14)9-13(12)18-7-6-16-4-2-1-3-5-16/h8-10H,1-7,11H2. The third-order valence-electron chi connectivity index (χ3n) is 3.75. The van der Waals surface area contributed by atoms with E-state index in [1.807, 2.05) is 0 Å². The van der Waals surface area contributed by atoms with Gasteiger partial charge >= 0.3 is 0 Å². The minimum Gasteiger partial charge on any atom is -0.491 e. The molecule has 0 bridgehead atoms. The summed E-state index contributed by atoms with van der Waals surface area (Å²) in [6.45, 7) is 3.97. The van der Waals surface area contributed by atoms with Gasteiger partial charge in [-0.15, -0.1) is 0 Å². The Kier molecular flexibility index (Phi) is 4.06. The van der Waals surface area contributed by atoms with Gasteiger partial charge in [0.15, 0.2) is 17.8 Å². The average Bonchev–Trinajstić information content (AvgIpc) is 2.94. The van der Waals surface area contributed by atoms with E-state index in [9.17, 15) is 4.79 Å². The van der Waals surface area contributed by atoms with Gasteiger partial charge in [-0.1, -0.05) is 6.42 Å². The van der Waals surface area contributed by atoms with Crippen molar-refractivity contribution in [2.24, 2.45) is 0 Å². The van der Waals surface area contributed by atoms with Crippen molar-refractivity contribution in [1.29, 1.82) is 0 Å². The predicted octanol–water partition coefficient (Wildman–Crippen LogP) is 2.09. The third-order valence-corrected chi connectivity index (χ3v) is 3.75. The largest absolute Gasteiger partial charge is 0.491 e. The molecular weight excluding hydrogens is 258 g/mol. The number of carbonyl (C=O) groups excluding carboxylic acids is 1. The molecule has 0 spiro atoms. The number of rotatable bonds is 5. The number of benzene rings is 1. The summed E-state index contributed by atoms with van der Waals surface area (Å²) < 4.78 is 16.3. The van der Waals surface area contributed by atoms with Crippen LogP contribution in [0.1, 0.15) is 29.6 Å². The van der Waals surface area contributed by atoms with Crippen LogP contribution in [-0.2, 0) is 0 Å². The Hall–Kier alpha value is -1.75. The van der Waals surface area contributed by atoms with Gasteiger partial charge in [0.1, 0.15) is 12.4 Å². The number of likely N-dealkylation sites (tertiary alicyclic amines) is 1. The van der Waals surface area contributed by atoms with Crippen LogP contribution in [0.15, 0.2) is 12.1 Å². The molecule has 0 saturated carbocycles. The molecule has 3 rings (SSSR count). The van der Waals surface area contributed by atoms with Crippen LogP contribution in [0.5, 0.6) is 17.2 Å². The van der Waals surface area contributed by atoms with E-state index in [2.05, 4.69) is 4.90 Å². The molecule has 0 atom stereocenters. The Morgan fingerprint density at radius 3 is 2.65 bits per heavy atom. The number of carbonyl (C=O) groups is 1. The predicted molar refractivity (Wildman–Crippen MR) is 73.7 cm³/mol. The second kappa shape index (κ2) is 6.13. The van der Waals surface area contributed by atoms with Crippen LogP contribution in [0.4, 0.5) is 0 Å². The summed E-state index contributed by atoms with van der Waals surface area (Å²) in [6, 6.07) is 3.41. The minimum absolute atomic E-state index is 0.199. The van der Waals surface area contributed by atoms with E-state index in [1.165, 1.54) is 19.3 Å². The van der Waals surface area contributed by atoms with Gasteiger partial charge in [0, 0.05) is 12.6 Å². The smallest absolute Gasteiger partial charge is 0.231 e. The first kappa shape index (κ1) is 13.2. The highest BCUT2D eigenvalue weighted by Crippen LogP contribution is 2.37. The Bertz CT molecular complexity index is 483. The Morgan fingerprint density at radius 1 is 1.15 bits per heavy atom. The summed E-state index contributed by atoms with van der Waals surface area (Å²) in [5.74, 6) is 1.82. The van der Waals surface area contributed by atoms with E-state index in [1.54, 1.807) is 12.1 Å². The van der Waals surface area contributed by atoms with Crippen molar-refractivity contribution in [2.45, 2.75) is 19.3 Å². The van der Waals surface area contributed by atoms with Crippen molar-refractivity contribution in [3.05, 3.63) is 17.7 Å². The van der Waals surface area contributed by atoms with Gasteiger partial charge in [-0.2, -0.15) is 0 Å². The lowest BCUT2D eigenvalue weighted by atomic mass is 10.1. The van der Waals surface area contributed by atoms with E-state index in [-0.39, 0.29) is 6.79 Å². The molecule has 108 valence electrons. The number of ether oxygens (including phenoxy) is 3. The molecule has 2 heterocycles. The molecular formula is C15H19NO4. The summed E-state index contributed by atoms with van der Waals surface area (Å²) in [5, 5.41) is 0. The first-order valence-corrected chi connectivity index (χ1v) is 7.11. The van der Waals surface area contributed by atoms with Gasteiger partial charge in [0.2, 0.25) is 6.79 Å². The average molecular weight is 277 g/mol. The van der Waals surface area contributed by atoms with Crippen molar-refractivity contribution >= 4 is 6.29 Å². The topological polar surface area (TPSA) is 48.0 Å². The molecule has 5 nitrogen and oxygen atoms in total. The zero-order valence-electron chi connectivity index (χ0n) is 11.5. The Balaban J connectivity index is 1.60. The van der Waals surface area contributed by atoms with E-state index in [0.29, 0.717) is 29.4 Å². The molecule has 0 amide bonds. The van der Waals surface area contributed by atoms with Crippen molar-refractivity contribution < 1.29 is 19.0 Å². The molecule has 5 heteroatoms. The van der Waals surface area contributed by atoms with Gasteiger partial charge in [0.05, 0.1) is 5.56 Å². The fraction of sp³-hybridized carbons (Fsp3) is 0.533. The lowest BCUT2D eigenvalue weighted by Crippen LogP contribution is -2.33. The number of nitrogens with zero attached hydrogens (tertiary/aromatic N) is 1. The molecule has 0 aliphatic carbocycles. The number of piperidine rings is 1. The van der Waals surface area contributed by atoms with Crippen LogP contribution in [0.25, 0.3) is 0 Å². The highest BCUT2D eigenvalue weighted by molar-refractivity contribution is 5.81. The summed E-state index contributed by atoms with van der Waals surface area (Å²) in [5.41, 5.74) is 0.507. The molecule has 1 fully saturated rings. The van der Waals surface area contributed by atoms with Crippen LogP contribution < -0.4 is 14.2 Å². The molecule has 1 aromatic rings. The summed E-state index contributed by atoms with van der Waals surface area (Å²) in [6.07, 6.45) is 4.65. The van der Waals surface area contributed by atoms with Crippen LogP contribution in [0, 0.1) is 0 Å². The minimum atomic E-state index is 0.199. The van der Waals surface area contributed by atoms with Gasteiger partial charge in [-0.3, -0.25) is 9.69 Å². The first-order valence-electron chi connectivity index (χ1n) is 7.11. The quantitative estimate of drug-likeness (QED) is 0.771. The van der Waals surface area contributed by atoms with Crippen LogP contribution in [-0.4, -0.2) is 44.2 Å². The molecule has 1 saturated heterocycles. The van der Waals surface area contributed by atoms with E-state index in [4.69, 9.17) is 14.2 Å². The highest BCUT2D eigenvalue weighted by Gasteiger charge is 2.18. The maximum absolute atomic E-state index is 11.1. The highest BCUT2D eigenvalue weighted by atomic mass is 16.7. The molecule has 1 aromatic carbocycles. The third kappa shape index (κ3) is 2.88. The summed E-state index contributed by atoms with van der Waals surface area (Å²) in [4.78, 5) is 13.5. The number of aldehydes is 1. The first-order chi connectivity index (χ1) is 9.86. The Labute approximate surface area is 118 Å². The van der Waals surface area contributed by atoms with E-state index < -0.39 is 0 Å². The molecule has 2 aliphatic heterocycles. The maximum Gasteiger partial charge on any atom is 0.231 e. The van der Waals surface area contributed by atoms with Crippen molar-refractivity contribution in [2.75, 3.05) is 33.0 Å². The van der Waals surface area contributed by atoms with Crippen molar-refractivity contribution in [3.8, 4) is 17.2 Å². The SMILES string of the molecule is O=Cc1cc2c(cc1OCCN1CCCCC1)OCO2. The monoisotopic (exact) mass is 277 g/mol. The number of hydrogen-bond acceptors (Lipinski definition) is 5. The fourth-order valence-corrected chi connectivity index (χ4v) is 2.62. The van der Waals surface area contributed by atoms with Crippen molar-refractivity contribution in [1.82, 2.24) is 4.90 Å². The number of fused-ring (bicyclic) bond motifs is 1. The fourth-order valence-electron chi connectivity index (χ4n) is 2.62. The van der Waals surface area contributed by atoms with E-state index >= 15 is 0 Å². The van der Waals surface area contributed by atoms with Gasteiger partial charge in [-0.05, 0) is 32.0 Å². The Morgan fingerprint density at radius 2 is 1.90 bits per heavy atom. The van der Waals surface area contributed by atoms with Crippen molar-refractivity contribution in [3.63, 3.8) is 0 Å². The van der Waals surface area contributed by atoms with Crippen LogP contribution >= 0.6 is 0 Å². The van der Waals surface area contributed by atoms with E-state index in [0.717, 1.165) is 25.9 Å².